The van der Waals surface area contributed by atoms with Gasteiger partial charge in [-0.1, -0.05) is 12.1 Å². The smallest absolute Gasteiger partial charge is 0.326 e. The van der Waals surface area contributed by atoms with Crippen LogP contribution in [-0.4, -0.2) is 94.8 Å². The number of carboxylic acid groups (broad SMARTS) is 1. The van der Waals surface area contributed by atoms with E-state index in [4.69, 9.17) is 28.7 Å². The summed E-state index contributed by atoms with van der Waals surface area (Å²) >= 11 is 0. The van der Waals surface area contributed by atoms with Gasteiger partial charge < -0.3 is 59.9 Å². The molecule has 0 fully saturated rings. The minimum atomic E-state index is -1.52. The number of carboxylic acids is 1. The molecule has 17 nitrogen and oxygen atoms in total. The molecule has 0 aliphatic heterocycles. The van der Waals surface area contributed by atoms with Crippen LogP contribution in [0, 0.1) is 0 Å². The molecule has 4 unspecified atom stereocenters. The maximum absolute atomic E-state index is 13.1. The molecule has 1 aromatic carbocycles. The summed E-state index contributed by atoms with van der Waals surface area (Å²) in [4.78, 5) is 57.7. The number of aliphatic hydroxyl groups is 1. The predicted octanol–water partition coefficient (Wildman–Crippen LogP) is -4.10. The number of carbonyl (C=O) groups is 4. The third kappa shape index (κ3) is 13.8. The van der Waals surface area contributed by atoms with Gasteiger partial charge in [-0.25, -0.2) is 4.79 Å². The van der Waals surface area contributed by atoms with E-state index >= 15 is 0 Å². The van der Waals surface area contributed by atoms with Gasteiger partial charge in [0.25, 0.3) is 0 Å². The molecule has 0 radical (unpaired) electrons. The third-order valence-corrected chi connectivity index (χ3v) is 5.68. The highest BCUT2D eigenvalue weighted by molar-refractivity contribution is 5.94. The highest BCUT2D eigenvalue weighted by Crippen LogP contribution is 2.11. The molecule has 17 heteroatoms. The van der Waals surface area contributed by atoms with Crippen LogP contribution in [0.3, 0.4) is 0 Å². The van der Waals surface area contributed by atoms with Crippen molar-refractivity contribution in [2.75, 3.05) is 19.7 Å². The first-order valence-electron chi connectivity index (χ1n) is 12.7. The summed E-state index contributed by atoms with van der Waals surface area (Å²) in [5.41, 5.74) is 27.8. The Bertz CT molecular complexity index is 1070. The topological polar surface area (TPSA) is 320 Å². The fraction of sp³-hybridized carbons (Fsp3) is 0.500. The zero-order chi connectivity index (χ0) is 30.9. The summed E-state index contributed by atoms with van der Waals surface area (Å²) in [7, 11) is 0. The van der Waals surface area contributed by atoms with E-state index in [1.165, 1.54) is 12.1 Å². The maximum atomic E-state index is 13.1. The Hall–Kier alpha value is -4.64. The Kier molecular flexibility index (Phi) is 15.0. The van der Waals surface area contributed by atoms with E-state index in [1.807, 2.05) is 0 Å². The Morgan fingerprint density at radius 2 is 1.22 bits per heavy atom. The number of nitrogens with two attached hydrogens (primary N) is 5. The normalized spacial score (nSPS) is 13.5. The van der Waals surface area contributed by atoms with Crippen molar-refractivity contribution in [1.82, 2.24) is 16.0 Å². The number of aliphatic imine (C=N–C) groups is 2. The summed E-state index contributed by atoms with van der Waals surface area (Å²) in [6, 6.07) is 0.965. The van der Waals surface area contributed by atoms with Gasteiger partial charge in [-0.2, -0.15) is 0 Å². The lowest BCUT2D eigenvalue weighted by Gasteiger charge is -2.24. The first kappa shape index (κ1) is 34.4. The van der Waals surface area contributed by atoms with Crippen LogP contribution in [-0.2, 0) is 25.6 Å². The molecule has 41 heavy (non-hydrogen) atoms. The van der Waals surface area contributed by atoms with Crippen molar-refractivity contribution in [2.24, 2.45) is 38.7 Å². The molecule has 3 amide bonds. The molecule has 4 atom stereocenters. The van der Waals surface area contributed by atoms with Crippen molar-refractivity contribution >= 4 is 35.6 Å². The molecule has 228 valence electrons. The fourth-order valence-corrected chi connectivity index (χ4v) is 3.53. The predicted molar refractivity (Wildman–Crippen MR) is 150 cm³/mol. The van der Waals surface area contributed by atoms with Gasteiger partial charge in [-0.15, -0.1) is 0 Å². The number of rotatable bonds is 18. The quantitative estimate of drug-likeness (QED) is 0.0448. The first-order valence-corrected chi connectivity index (χ1v) is 12.7. The fourth-order valence-electron chi connectivity index (χ4n) is 3.53. The Balaban J connectivity index is 2.90. The van der Waals surface area contributed by atoms with Crippen molar-refractivity contribution in [2.45, 2.75) is 56.3 Å². The molecule has 1 aromatic rings. The first-order chi connectivity index (χ1) is 19.3. The van der Waals surface area contributed by atoms with Crippen molar-refractivity contribution in [3.63, 3.8) is 0 Å². The van der Waals surface area contributed by atoms with Crippen molar-refractivity contribution in [1.29, 1.82) is 0 Å². The lowest BCUT2D eigenvalue weighted by molar-refractivity contribution is -0.142. The molecule has 1 rings (SSSR count). The average Bonchev–Trinajstić information content (AvgIpc) is 2.90. The van der Waals surface area contributed by atoms with Crippen LogP contribution in [0.1, 0.15) is 31.2 Å². The second-order valence-electron chi connectivity index (χ2n) is 9.08. The largest absolute Gasteiger partial charge is 0.508 e. The maximum Gasteiger partial charge on any atom is 0.326 e. The van der Waals surface area contributed by atoms with Crippen molar-refractivity contribution in [3.8, 4) is 5.75 Å². The molecule has 0 aromatic heterocycles. The lowest BCUT2D eigenvalue weighted by atomic mass is 10.0. The lowest BCUT2D eigenvalue weighted by Crippen LogP contribution is -2.58. The van der Waals surface area contributed by atoms with Crippen LogP contribution in [0.15, 0.2) is 34.3 Å². The number of carbonyl (C=O) groups excluding carboxylic acids is 3. The van der Waals surface area contributed by atoms with Crippen molar-refractivity contribution in [3.05, 3.63) is 29.8 Å². The van der Waals surface area contributed by atoms with E-state index in [0.29, 0.717) is 5.56 Å². The van der Waals surface area contributed by atoms with Crippen LogP contribution in [0.2, 0.25) is 0 Å². The van der Waals surface area contributed by atoms with E-state index in [0.717, 1.165) is 0 Å². The van der Waals surface area contributed by atoms with Gasteiger partial charge in [0.15, 0.2) is 11.9 Å². The van der Waals surface area contributed by atoms with Crippen LogP contribution in [0.25, 0.3) is 0 Å². The second kappa shape index (κ2) is 17.9. The highest BCUT2D eigenvalue weighted by Gasteiger charge is 2.30. The van der Waals surface area contributed by atoms with E-state index in [1.54, 1.807) is 12.1 Å². The second-order valence-corrected chi connectivity index (χ2v) is 9.08. The average molecular weight is 581 g/mol. The molecule has 0 heterocycles. The Labute approximate surface area is 236 Å². The molecular formula is C24H40N10O7. The van der Waals surface area contributed by atoms with Gasteiger partial charge in [-0.05, 0) is 49.8 Å². The van der Waals surface area contributed by atoms with Crippen molar-refractivity contribution < 1.29 is 34.5 Å². The van der Waals surface area contributed by atoms with Gasteiger partial charge in [0.1, 0.15) is 23.9 Å². The van der Waals surface area contributed by atoms with E-state index in [2.05, 4.69) is 25.9 Å². The number of benzene rings is 1. The monoisotopic (exact) mass is 580 g/mol. The summed E-state index contributed by atoms with van der Waals surface area (Å²) < 4.78 is 0. The summed E-state index contributed by atoms with van der Waals surface area (Å²) in [6.07, 6.45) is 0.626. The standard InChI is InChI=1S/C24H40N10O7/c25-15(11-13-5-7-14(36)8-6-13)19(37)32-16(3-1-9-30-23(26)27)20(38)34-18(12-35)21(39)33-17(22(40)41)4-2-10-31-24(28)29/h5-8,15-18,35-36H,1-4,9-12,25H2,(H,32,37)(H,33,39)(H,34,38)(H,40,41)(H4,26,27,30)(H4,28,29,31). The molecule has 0 aliphatic rings. The van der Waals surface area contributed by atoms with E-state index < -0.39 is 54.5 Å². The van der Waals surface area contributed by atoms with Crippen LogP contribution >= 0.6 is 0 Å². The number of aliphatic carboxylic acids is 1. The third-order valence-electron chi connectivity index (χ3n) is 5.68. The summed E-state index contributed by atoms with van der Waals surface area (Å²) in [5, 5.41) is 35.7. The number of phenolic OH excluding ortho intramolecular Hbond substituents is 1. The summed E-state index contributed by atoms with van der Waals surface area (Å²) in [5.74, 6) is -4.05. The Morgan fingerprint density at radius 3 is 1.71 bits per heavy atom. The number of nitrogens with one attached hydrogen (secondary N) is 3. The molecule has 0 spiro atoms. The molecular weight excluding hydrogens is 540 g/mol. The minimum Gasteiger partial charge on any atom is -0.508 e. The number of phenols is 1. The number of amides is 3. The number of hydrogen-bond acceptors (Lipinski definition) is 9. The van der Waals surface area contributed by atoms with Crippen LogP contribution < -0.4 is 44.6 Å². The molecule has 0 aliphatic carbocycles. The molecule has 16 N–H and O–H groups in total. The van der Waals surface area contributed by atoms with E-state index in [-0.39, 0.29) is 62.9 Å². The zero-order valence-corrected chi connectivity index (χ0v) is 22.5. The van der Waals surface area contributed by atoms with Crippen LogP contribution in [0.4, 0.5) is 0 Å². The van der Waals surface area contributed by atoms with Gasteiger partial charge in [0.2, 0.25) is 17.7 Å². The number of aromatic hydroxyl groups is 1. The molecule has 0 saturated carbocycles. The minimum absolute atomic E-state index is 0.0215. The van der Waals surface area contributed by atoms with Gasteiger partial charge in [0, 0.05) is 13.1 Å². The van der Waals surface area contributed by atoms with E-state index in [9.17, 15) is 34.5 Å². The highest BCUT2D eigenvalue weighted by atomic mass is 16.4. The summed E-state index contributed by atoms with van der Waals surface area (Å²) in [6.45, 7) is -0.573. The zero-order valence-electron chi connectivity index (χ0n) is 22.5. The number of guanidine groups is 2. The number of hydrogen-bond donors (Lipinski definition) is 11. The van der Waals surface area contributed by atoms with Gasteiger partial charge in [0.05, 0.1) is 12.6 Å². The molecule has 0 bridgehead atoms. The molecule has 0 saturated heterocycles. The SMILES string of the molecule is NC(N)=NCCCC(NC(=O)C(CO)NC(=O)C(CCCN=C(N)N)NC(=O)C(N)Cc1ccc(O)cc1)C(=O)O. The Morgan fingerprint density at radius 1 is 0.756 bits per heavy atom. The number of aliphatic hydroxyl groups excluding tert-OH is 1. The van der Waals surface area contributed by atoms with Crippen LogP contribution in [0.5, 0.6) is 5.75 Å². The van der Waals surface area contributed by atoms with Gasteiger partial charge in [-0.3, -0.25) is 24.4 Å². The number of nitrogens with zero attached hydrogens (tertiary/aromatic N) is 2. The van der Waals surface area contributed by atoms with Gasteiger partial charge >= 0.3 is 5.97 Å².